The molecule has 1 aliphatic heterocycles. The van der Waals surface area contributed by atoms with Crippen molar-refractivity contribution in [3.8, 4) is 5.75 Å². The van der Waals surface area contributed by atoms with E-state index >= 15 is 0 Å². The first-order chi connectivity index (χ1) is 11.3. The van der Waals surface area contributed by atoms with Crippen molar-refractivity contribution in [2.75, 3.05) is 13.2 Å². The number of hydrogen-bond acceptors (Lipinski definition) is 4. The highest BCUT2D eigenvalue weighted by molar-refractivity contribution is 5.81. The Morgan fingerprint density at radius 3 is 2.96 bits per heavy atom. The Labute approximate surface area is 135 Å². The van der Waals surface area contributed by atoms with Crippen LogP contribution in [-0.4, -0.2) is 38.7 Å². The van der Waals surface area contributed by atoms with Crippen molar-refractivity contribution in [3.05, 3.63) is 42.5 Å². The van der Waals surface area contributed by atoms with Crippen molar-refractivity contribution in [2.24, 2.45) is 11.8 Å². The molecule has 1 unspecified atom stereocenters. The van der Waals surface area contributed by atoms with Crippen LogP contribution in [0, 0.1) is 11.8 Å². The first kappa shape index (κ1) is 14.2. The van der Waals surface area contributed by atoms with Gasteiger partial charge in [0.05, 0.1) is 25.0 Å². The minimum Gasteiger partial charge on any atom is -0.492 e. The summed E-state index contributed by atoms with van der Waals surface area (Å²) in [5, 5.41) is 4.39. The number of hydrogen-bond donors (Lipinski definition) is 0. The van der Waals surface area contributed by atoms with Gasteiger partial charge < -0.3 is 9.64 Å². The molecule has 4 rings (SSSR count). The van der Waals surface area contributed by atoms with E-state index < -0.39 is 0 Å². The average molecular weight is 312 g/mol. The van der Waals surface area contributed by atoms with E-state index in [1.165, 1.54) is 0 Å². The predicted octanol–water partition coefficient (Wildman–Crippen LogP) is 1.73. The molecule has 0 bridgehead atoms. The summed E-state index contributed by atoms with van der Waals surface area (Å²) >= 11 is 0. The number of carbonyl (C=O) groups excluding carboxylic acids is 1. The molecule has 1 fully saturated rings. The zero-order chi connectivity index (χ0) is 15.6. The fraction of sp³-hybridized carbons (Fsp3) is 0.471. The molecule has 0 N–H and O–H groups in total. The van der Waals surface area contributed by atoms with Gasteiger partial charge in [-0.05, 0) is 31.0 Å². The molecule has 2 aliphatic rings. The van der Waals surface area contributed by atoms with Gasteiger partial charge in [0.1, 0.15) is 5.75 Å². The first-order valence-electron chi connectivity index (χ1n) is 8.12. The minimum absolute atomic E-state index is 0.221. The molecule has 1 saturated carbocycles. The van der Waals surface area contributed by atoms with Gasteiger partial charge in [0.2, 0.25) is 5.91 Å². The topological polar surface area (TPSA) is 60.2 Å². The SMILES string of the molecule is O=C(C1CC1)N1Cc2ccnn2CC(COc2cccnc2)C1. The van der Waals surface area contributed by atoms with E-state index in [0.717, 1.165) is 37.4 Å². The summed E-state index contributed by atoms with van der Waals surface area (Å²) in [7, 11) is 0. The smallest absolute Gasteiger partial charge is 0.226 e. The molecule has 6 nitrogen and oxygen atoms in total. The Hall–Kier alpha value is -2.37. The van der Waals surface area contributed by atoms with E-state index in [0.29, 0.717) is 13.2 Å². The monoisotopic (exact) mass is 312 g/mol. The van der Waals surface area contributed by atoms with Crippen LogP contribution in [0.4, 0.5) is 0 Å². The van der Waals surface area contributed by atoms with Gasteiger partial charge in [-0.15, -0.1) is 0 Å². The Balaban J connectivity index is 1.48. The largest absolute Gasteiger partial charge is 0.492 e. The number of nitrogens with zero attached hydrogens (tertiary/aromatic N) is 4. The van der Waals surface area contributed by atoms with Crippen molar-refractivity contribution in [2.45, 2.75) is 25.9 Å². The average Bonchev–Trinajstić information content (AvgIpc) is 3.37. The number of fused-ring (bicyclic) bond motifs is 1. The van der Waals surface area contributed by atoms with Crippen molar-refractivity contribution in [1.82, 2.24) is 19.7 Å². The van der Waals surface area contributed by atoms with Gasteiger partial charge in [0.15, 0.2) is 0 Å². The van der Waals surface area contributed by atoms with Crippen molar-refractivity contribution < 1.29 is 9.53 Å². The molecule has 1 atom stereocenters. The highest BCUT2D eigenvalue weighted by Crippen LogP contribution is 2.32. The van der Waals surface area contributed by atoms with Crippen LogP contribution in [0.15, 0.2) is 36.8 Å². The highest BCUT2D eigenvalue weighted by Gasteiger charge is 2.35. The Kier molecular flexibility index (Phi) is 3.73. The third-order valence-corrected chi connectivity index (χ3v) is 4.43. The lowest BCUT2D eigenvalue weighted by Gasteiger charge is -2.24. The maximum atomic E-state index is 12.5. The van der Waals surface area contributed by atoms with Crippen molar-refractivity contribution in [3.63, 3.8) is 0 Å². The second-order valence-electron chi connectivity index (χ2n) is 6.36. The summed E-state index contributed by atoms with van der Waals surface area (Å²) < 4.78 is 7.85. The number of ether oxygens (including phenoxy) is 1. The summed E-state index contributed by atoms with van der Waals surface area (Å²) in [6.45, 7) is 2.70. The second kappa shape index (κ2) is 6.02. The van der Waals surface area contributed by atoms with E-state index in [1.54, 1.807) is 18.6 Å². The van der Waals surface area contributed by atoms with Gasteiger partial charge in [0.25, 0.3) is 0 Å². The molecular formula is C17H20N4O2. The van der Waals surface area contributed by atoms with Crippen LogP contribution in [-0.2, 0) is 17.9 Å². The maximum Gasteiger partial charge on any atom is 0.226 e. The number of carbonyl (C=O) groups is 1. The summed E-state index contributed by atoms with van der Waals surface area (Å²) in [5.41, 5.74) is 1.10. The zero-order valence-electron chi connectivity index (χ0n) is 13.0. The third-order valence-electron chi connectivity index (χ3n) is 4.43. The van der Waals surface area contributed by atoms with Gasteiger partial charge in [-0.2, -0.15) is 5.10 Å². The van der Waals surface area contributed by atoms with Crippen LogP contribution in [0.5, 0.6) is 5.75 Å². The Morgan fingerprint density at radius 1 is 1.26 bits per heavy atom. The molecule has 23 heavy (non-hydrogen) atoms. The van der Waals surface area contributed by atoms with Gasteiger partial charge in [-0.25, -0.2) is 0 Å². The molecule has 0 saturated heterocycles. The van der Waals surface area contributed by atoms with Gasteiger partial charge >= 0.3 is 0 Å². The Bertz CT molecular complexity index is 681. The van der Waals surface area contributed by atoms with Crippen molar-refractivity contribution >= 4 is 5.91 Å². The molecule has 1 aliphatic carbocycles. The van der Waals surface area contributed by atoms with E-state index in [4.69, 9.17) is 4.74 Å². The van der Waals surface area contributed by atoms with Crippen molar-refractivity contribution in [1.29, 1.82) is 0 Å². The maximum absolute atomic E-state index is 12.5. The summed E-state index contributed by atoms with van der Waals surface area (Å²) in [4.78, 5) is 18.6. The minimum atomic E-state index is 0.221. The van der Waals surface area contributed by atoms with Crippen LogP contribution >= 0.6 is 0 Å². The number of amides is 1. The third kappa shape index (κ3) is 3.21. The van der Waals surface area contributed by atoms with Gasteiger partial charge in [-0.1, -0.05) is 0 Å². The molecule has 0 radical (unpaired) electrons. The second-order valence-corrected chi connectivity index (χ2v) is 6.36. The first-order valence-corrected chi connectivity index (χ1v) is 8.12. The lowest BCUT2D eigenvalue weighted by atomic mass is 10.1. The summed E-state index contributed by atoms with van der Waals surface area (Å²) in [5.74, 6) is 1.51. The Morgan fingerprint density at radius 2 is 2.17 bits per heavy atom. The highest BCUT2D eigenvalue weighted by atomic mass is 16.5. The fourth-order valence-electron chi connectivity index (χ4n) is 3.04. The molecule has 0 aromatic carbocycles. The summed E-state index contributed by atoms with van der Waals surface area (Å²) in [6.07, 6.45) is 7.31. The normalized spacial score (nSPS) is 20.7. The fourth-order valence-corrected chi connectivity index (χ4v) is 3.04. The predicted molar refractivity (Wildman–Crippen MR) is 83.6 cm³/mol. The van der Waals surface area contributed by atoms with Crippen LogP contribution in [0.2, 0.25) is 0 Å². The molecule has 120 valence electrons. The number of aromatic nitrogens is 3. The van der Waals surface area contributed by atoms with Gasteiger partial charge in [0, 0.05) is 37.3 Å². The van der Waals surface area contributed by atoms with Crippen LogP contribution < -0.4 is 4.74 Å². The molecule has 1 amide bonds. The van der Waals surface area contributed by atoms with E-state index in [1.807, 2.05) is 27.8 Å². The zero-order valence-corrected chi connectivity index (χ0v) is 13.0. The standard InChI is InChI=1S/C17H20N4O2/c22-17(14-3-4-14)20-9-13(10-21-15(11-20)5-7-19-21)12-23-16-2-1-6-18-8-16/h1-2,5-8,13-14H,3-4,9-12H2. The number of rotatable bonds is 4. The molecule has 3 heterocycles. The van der Waals surface area contributed by atoms with E-state index in [-0.39, 0.29) is 17.7 Å². The molecule has 2 aromatic heterocycles. The molecule has 0 spiro atoms. The molecule has 2 aromatic rings. The van der Waals surface area contributed by atoms with Crippen LogP contribution in [0.25, 0.3) is 0 Å². The van der Waals surface area contributed by atoms with Crippen LogP contribution in [0.1, 0.15) is 18.5 Å². The quantitative estimate of drug-likeness (QED) is 0.862. The lowest BCUT2D eigenvalue weighted by molar-refractivity contribution is -0.133. The van der Waals surface area contributed by atoms with Gasteiger partial charge in [-0.3, -0.25) is 14.5 Å². The van der Waals surface area contributed by atoms with Crippen LogP contribution in [0.3, 0.4) is 0 Å². The lowest BCUT2D eigenvalue weighted by Crippen LogP contribution is -2.36. The molecule has 6 heteroatoms. The van der Waals surface area contributed by atoms with E-state index in [2.05, 4.69) is 10.1 Å². The molecular weight excluding hydrogens is 292 g/mol. The van der Waals surface area contributed by atoms with E-state index in [9.17, 15) is 4.79 Å². The number of pyridine rings is 1. The summed E-state index contributed by atoms with van der Waals surface area (Å²) in [6, 6.07) is 5.75.